The maximum atomic E-state index is 14.2. The molecule has 8 fully saturated rings. The van der Waals surface area contributed by atoms with Gasteiger partial charge in [-0.15, -0.1) is 0 Å². The fourth-order valence-corrected chi connectivity index (χ4v) is 13.9. The number of allylic oxidation sites excluding steroid dienone is 1. The van der Waals surface area contributed by atoms with Crippen molar-refractivity contribution in [2.75, 3.05) is 19.7 Å². The number of nitrogens with two attached hydrogens (primary N) is 3. The number of Topliss-reactive ketones (excluding diaryl/α,β-unsaturated/α-hetero) is 1. The molecule has 0 spiro atoms. The number of rotatable bonds is 5. The molecule has 0 amide bonds. The van der Waals surface area contributed by atoms with Crippen LogP contribution in [0.25, 0.3) is 0 Å². The second-order valence-electron chi connectivity index (χ2n) is 19.7. The first kappa shape index (κ1) is 40.3. The zero-order chi connectivity index (χ0) is 38.8. The van der Waals surface area contributed by atoms with Crippen molar-refractivity contribution in [3.8, 4) is 0 Å². The maximum Gasteiger partial charge on any atom is 0.333 e. The summed E-state index contributed by atoms with van der Waals surface area (Å²) < 4.78 is 21.2. The molecule has 12 nitrogen and oxygen atoms in total. The molecule has 0 aromatic rings. The molecule has 5 heterocycles. The number of quaternary nitrogens is 1. The molecule has 4 bridgehead atoms. The standard InChI is InChI=1S/C43H70N4O8/c1-4-21(2)42(52)54-33-18-31-38(51)37-32(50)17-28(20-48)53-40(37)36-30-16-25-15-27(49)9-8-23(25)6-7-24(35-29(30)11-12-46-41(35)45)14-26(43(33,3)55-39(31)36)13-22-5-10-34(44)47-19-22/h4,22-31,33-41,46-49,51H,5-20,44-45H2,1-3H3/p+1. The number of esters is 1. The summed E-state index contributed by atoms with van der Waals surface area (Å²) in [5.74, 6) is 0.0987. The minimum absolute atomic E-state index is 0.0283. The largest absolute Gasteiger partial charge is 0.456 e. The number of fused-ring (bicyclic) bond motifs is 5. The number of carbonyl (C=O) groups excluding carboxylic acids is 2. The predicted octanol–water partition coefficient (Wildman–Crippen LogP) is 1.73. The second kappa shape index (κ2) is 16.3. The summed E-state index contributed by atoms with van der Waals surface area (Å²) in [4.78, 5) is 28.0. The molecule has 8 rings (SSSR count). The lowest BCUT2D eigenvalue weighted by atomic mass is 9.52. The van der Waals surface area contributed by atoms with E-state index < -0.39 is 48.0 Å². The lowest BCUT2D eigenvalue weighted by molar-refractivity contribution is -0.703. The smallest absolute Gasteiger partial charge is 0.333 e. The number of ketones is 1. The third-order valence-electron chi connectivity index (χ3n) is 16.9. The molecule has 0 aromatic heterocycles. The first-order valence-corrected chi connectivity index (χ1v) is 22.1. The average molecular weight is 772 g/mol. The Bertz CT molecular complexity index is 1420. The van der Waals surface area contributed by atoms with Crippen LogP contribution in [0, 0.1) is 65.1 Å². The average Bonchev–Trinajstić information content (AvgIpc) is 3.22. The molecular weight excluding hydrogens is 700 g/mol. The first-order valence-electron chi connectivity index (χ1n) is 22.1. The summed E-state index contributed by atoms with van der Waals surface area (Å²) in [7, 11) is 0. The van der Waals surface area contributed by atoms with Gasteiger partial charge in [0, 0.05) is 36.2 Å². The van der Waals surface area contributed by atoms with E-state index in [4.69, 9.17) is 25.7 Å². The van der Waals surface area contributed by atoms with Crippen LogP contribution in [-0.2, 0) is 23.8 Å². The minimum atomic E-state index is -1.04. The van der Waals surface area contributed by atoms with Crippen molar-refractivity contribution in [3.05, 3.63) is 11.6 Å². The van der Waals surface area contributed by atoms with Crippen molar-refractivity contribution in [3.63, 3.8) is 0 Å². The third-order valence-corrected chi connectivity index (χ3v) is 16.9. The molecule has 0 aromatic carbocycles. The Hall–Kier alpha value is -1.48. The molecule has 20 unspecified atom stereocenters. The van der Waals surface area contributed by atoms with Crippen molar-refractivity contribution in [2.24, 2.45) is 76.6 Å². The Balaban J connectivity index is 1.31. The maximum absolute atomic E-state index is 14.2. The third kappa shape index (κ3) is 7.52. The highest BCUT2D eigenvalue weighted by Crippen LogP contribution is 2.60. The van der Waals surface area contributed by atoms with E-state index in [1.165, 1.54) is 0 Å². The topological polar surface area (TPSA) is 203 Å². The number of aliphatic hydroxyl groups is 3. The van der Waals surface area contributed by atoms with Crippen molar-refractivity contribution in [2.45, 2.75) is 159 Å². The molecule has 310 valence electrons. The zero-order valence-electron chi connectivity index (χ0n) is 33.5. The highest BCUT2D eigenvalue weighted by molar-refractivity contribution is 5.87. The van der Waals surface area contributed by atoms with Crippen LogP contribution in [-0.4, -0.2) is 101 Å². The van der Waals surface area contributed by atoms with Crippen molar-refractivity contribution in [1.82, 2.24) is 5.32 Å². The van der Waals surface area contributed by atoms with Gasteiger partial charge in [-0.2, -0.15) is 0 Å². The van der Waals surface area contributed by atoms with Crippen molar-refractivity contribution < 1.29 is 44.4 Å². The van der Waals surface area contributed by atoms with Gasteiger partial charge < -0.3 is 45.9 Å². The Morgan fingerprint density at radius 1 is 0.964 bits per heavy atom. The molecule has 3 saturated carbocycles. The van der Waals surface area contributed by atoms with Gasteiger partial charge in [-0.1, -0.05) is 6.08 Å². The van der Waals surface area contributed by atoms with Gasteiger partial charge in [0.1, 0.15) is 23.7 Å². The van der Waals surface area contributed by atoms with Crippen LogP contribution >= 0.6 is 0 Å². The zero-order valence-corrected chi connectivity index (χ0v) is 33.5. The van der Waals surface area contributed by atoms with Crippen LogP contribution in [0.1, 0.15) is 104 Å². The number of aliphatic hydroxyl groups excluding tert-OH is 3. The molecule has 0 radical (unpaired) electrons. The Morgan fingerprint density at radius 3 is 2.49 bits per heavy atom. The van der Waals surface area contributed by atoms with Gasteiger partial charge in [0.25, 0.3) is 0 Å². The molecule has 55 heavy (non-hydrogen) atoms. The molecule has 5 aliphatic heterocycles. The van der Waals surface area contributed by atoms with E-state index in [-0.39, 0.29) is 78.7 Å². The van der Waals surface area contributed by atoms with Crippen LogP contribution in [0.3, 0.4) is 0 Å². The monoisotopic (exact) mass is 772 g/mol. The van der Waals surface area contributed by atoms with E-state index in [2.05, 4.69) is 17.6 Å². The van der Waals surface area contributed by atoms with Crippen LogP contribution in [0.2, 0.25) is 0 Å². The van der Waals surface area contributed by atoms with Gasteiger partial charge >= 0.3 is 5.97 Å². The number of hydrogen-bond donors (Lipinski definition) is 7. The van der Waals surface area contributed by atoms with Gasteiger partial charge in [0.05, 0.1) is 55.8 Å². The van der Waals surface area contributed by atoms with Crippen LogP contribution in [0.4, 0.5) is 0 Å². The van der Waals surface area contributed by atoms with Crippen LogP contribution in [0.5, 0.6) is 0 Å². The summed E-state index contributed by atoms with van der Waals surface area (Å²) in [5, 5.41) is 40.0. The number of nitrogens with one attached hydrogen (secondary N) is 1. The van der Waals surface area contributed by atoms with E-state index in [9.17, 15) is 24.9 Å². The van der Waals surface area contributed by atoms with Gasteiger partial charge in [0.2, 0.25) is 0 Å². The van der Waals surface area contributed by atoms with Crippen LogP contribution < -0.4 is 22.1 Å². The number of piperidine rings is 2. The van der Waals surface area contributed by atoms with Gasteiger partial charge in [-0.3, -0.25) is 10.5 Å². The lowest BCUT2D eigenvalue weighted by Gasteiger charge is -2.63. The van der Waals surface area contributed by atoms with E-state index in [1.807, 2.05) is 6.92 Å². The Labute approximate surface area is 327 Å². The summed E-state index contributed by atoms with van der Waals surface area (Å²) in [6, 6.07) is 0. The molecule has 10 N–H and O–H groups in total. The highest BCUT2D eigenvalue weighted by atomic mass is 16.6. The SMILES string of the molecule is CC=C(C)C(=O)OC1CC2C(O)C3C(=O)CC(CO)OC3C3C4CC5CC(O)CCC5CCC(CC(CC5CCC(N)[NH2+]C5)C1(C)OC23)C1C(N)NCCC41. The van der Waals surface area contributed by atoms with E-state index >= 15 is 0 Å². The molecule has 20 atom stereocenters. The number of hydrogen-bond acceptors (Lipinski definition) is 11. The number of ether oxygens (including phenoxy) is 3. The van der Waals surface area contributed by atoms with E-state index in [1.54, 1.807) is 13.0 Å². The van der Waals surface area contributed by atoms with E-state index in [0.29, 0.717) is 29.7 Å². The summed E-state index contributed by atoms with van der Waals surface area (Å²) in [6.07, 6.45) is 8.79. The molecular formula is C43H71N4O8+. The first-order chi connectivity index (χ1) is 26.4. The fraction of sp³-hybridized carbons (Fsp3) is 0.907. The summed E-state index contributed by atoms with van der Waals surface area (Å²) >= 11 is 0. The Morgan fingerprint density at radius 2 is 1.75 bits per heavy atom. The van der Waals surface area contributed by atoms with Gasteiger partial charge in [0.15, 0.2) is 0 Å². The molecule has 8 aliphatic rings. The molecule has 12 heteroatoms. The predicted molar refractivity (Wildman–Crippen MR) is 205 cm³/mol. The van der Waals surface area contributed by atoms with Crippen molar-refractivity contribution in [1.29, 1.82) is 0 Å². The quantitative estimate of drug-likeness (QED) is 0.159. The van der Waals surface area contributed by atoms with Gasteiger partial charge in [-0.05, 0) is 139 Å². The van der Waals surface area contributed by atoms with Crippen LogP contribution in [0.15, 0.2) is 11.6 Å². The van der Waals surface area contributed by atoms with E-state index in [0.717, 1.165) is 83.7 Å². The summed E-state index contributed by atoms with van der Waals surface area (Å²) in [6.45, 7) is 7.28. The fourth-order valence-electron chi connectivity index (χ4n) is 13.9. The molecule has 3 aliphatic carbocycles. The van der Waals surface area contributed by atoms with Crippen molar-refractivity contribution >= 4 is 11.8 Å². The summed E-state index contributed by atoms with van der Waals surface area (Å²) in [5.41, 5.74) is 13.3. The Kier molecular flexibility index (Phi) is 11.9. The van der Waals surface area contributed by atoms with Gasteiger partial charge in [-0.25, -0.2) is 4.79 Å². The highest BCUT2D eigenvalue weighted by Gasteiger charge is 2.66. The number of carbonyl (C=O) groups is 2. The molecule has 5 saturated heterocycles. The minimum Gasteiger partial charge on any atom is -0.456 e. The normalized spacial score (nSPS) is 51.7. The lowest BCUT2D eigenvalue weighted by Crippen LogP contribution is -2.95. The second-order valence-corrected chi connectivity index (χ2v) is 19.7.